The van der Waals surface area contributed by atoms with Crippen LogP contribution >= 0.6 is 0 Å². The number of nitrogens with zero attached hydrogens (tertiary/aromatic N) is 3. The van der Waals surface area contributed by atoms with Gasteiger partial charge in [0.2, 0.25) is 17.9 Å². The molecule has 42 heavy (non-hydrogen) atoms. The summed E-state index contributed by atoms with van der Waals surface area (Å²) in [6.45, 7) is 4.35. The molecule has 0 saturated carbocycles. The van der Waals surface area contributed by atoms with E-state index in [0.717, 1.165) is 36.1 Å². The summed E-state index contributed by atoms with van der Waals surface area (Å²) in [5, 5.41) is 12.4. The number of rotatable bonds is 9. The van der Waals surface area contributed by atoms with Crippen LogP contribution in [0, 0.1) is 5.41 Å². The Hall–Kier alpha value is -4.06. The van der Waals surface area contributed by atoms with Crippen LogP contribution in [0.5, 0.6) is 11.6 Å². The van der Waals surface area contributed by atoms with Gasteiger partial charge < -0.3 is 30.5 Å². The zero-order valence-corrected chi connectivity index (χ0v) is 23.2. The normalized spacial score (nSPS) is 19.0. The Morgan fingerprint density at radius 3 is 2.33 bits per heavy atom. The molecule has 12 heteroatoms. The van der Waals surface area contributed by atoms with Gasteiger partial charge in [-0.2, -0.15) is 23.1 Å². The third kappa shape index (κ3) is 6.70. The van der Waals surface area contributed by atoms with E-state index in [4.69, 9.17) is 15.2 Å². The van der Waals surface area contributed by atoms with Crippen molar-refractivity contribution < 1.29 is 32.5 Å². The first-order chi connectivity index (χ1) is 20.0. The number of hydrogen-bond acceptors (Lipinski definition) is 8. The van der Waals surface area contributed by atoms with Crippen LogP contribution in [0.4, 0.5) is 24.9 Å². The third-order valence-electron chi connectivity index (χ3n) is 7.92. The van der Waals surface area contributed by atoms with Gasteiger partial charge in [-0.15, -0.1) is 0 Å². The number of piperidine rings is 1. The molecule has 2 atom stereocenters. The molecule has 2 aliphatic rings. The smallest absolute Gasteiger partial charge is 0.429 e. The van der Waals surface area contributed by atoms with E-state index in [1.807, 2.05) is 36.1 Å². The van der Waals surface area contributed by atoms with Gasteiger partial charge in [0.15, 0.2) is 0 Å². The van der Waals surface area contributed by atoms with Gasteiger partial charge in [-0.05, 0) is 54.4 Å². The molecular formula is C30H34F3N5O4. The molecule has 0 radical (unpaired) electrons. The lowest BCUT2D eigenvalue weighted by atomic mass is 9.76. The van der Waals surface area contributed by atoms with Crippen molar-refractivity contribution in [1.29, 1.82) is 0 Å². The number of nitrogens with two attached hydrogens (primary N) is 1. The van der Waals surface area contributed by atoms with Gasteiger partial charge in [0.05, 0.1) is 6.61 Å². The fourth-order valence-corrected chi connectivity index (χ4v) is 5.59. The van der Waals surface area contributed by atoms with Gasteiger partial charge in [0.25, 0.3) is 0 Å². The summed E-state index contributed by atoms with van der Waals surface area (Å²) in [6, 6.07) is 14.2. The number of carbonyl (C=O) groups is 1. The summed E-state index contributed by atoms with van der Waals surface area (Å²) >= 11 is 0. The highest BCUT2D eigenvalue weighted by atomic mass is 19.4. The minimum Gasteiger partial charge on any atom is -0.494 e. The van der Waals surface area contributed by atoms with Crippen LogP contribution in [-0.2, 0) is 4.79 Å². The number of halogens is 3. The number of alkyl halides is 3. The second-order valence-corrected chi connectivity index (χ2v) is 10.9. The van der Waals surface area contributed by atoms with E-state index in [9.17, 15) is 23.1 Å². The van der Waals surface area contributed by atoms with Crippen molar-refractivity contribution in [3.63, 3.8) is 0 Å². The quantitative estimate of drug-likeness (QED) is 0.310. The van der Waals surface area contributed by atoms with Crippen molar-refractivity contribution in [3.05, 3.63) is 60.2 Å². The number of aromatic nitrogens is 2. The second kappa shape index (κ2) is 12.0. The number of benzene rings is 2. The number of ether oxygens (including phenoxy) is 2. The monoisotopic (exact) mass is 585 g/mol. The molecule has 2 aromatic carbocycles. The van der Waals surface area contributed by atoms with Crippen molar-refractivity contribution in [1.82, 2.24) is 15.3 Å². The molecule has 2 fully saturated rings. The first-order valence-electron chi connectivity index (χ1n) is 14.0. The molecule has 9 nitrogen and oxygen atoms in total. The van der Waals surface area contributed by atoms with Crippen molar-refractivity contribution in [2.24, 2.45) is 5.41 Å². The highest BCUT2D eigenvalue weighted by Gasteiger charge is 2.45. The third-order valence-corrected chi connectivity index (χ3v) is 7.92. The molecule has 2 unspecified atom stereocenters. The number of hydrogen-bond donors (Lipinski definition) is 3. The molecule has 0 amide bonds. The van der Waals surface area contributed by atoms with E-state index in [2.05, 4.69) is 15.3 Å². The van der Waals surface area contributed by atoms with Crippen molar-refractivity contribution in [2.75, 3.05) is 36.9 Å². The minimum absolute atomic E-state index is 0.0745. The highest BCUT2D eigenvalue weighted by Crippen LogP contribution is 2.41. The van der Waals surface area contributed by atoms with Crippen LogP contribution < -0.4 is 25.4 Å². The molecule has 2 aliphatic heterocycles. The maximum absolute atomic E-state index is 14.2. The van der Waals surface area contributed by atoms with Crippen LogP contribution in [0.1, 0.15) is 44.3 Å². The molecule has 4 N–H and O–H groups in total. The van der Waals surface area contributed by atoms with E-state index >= 15 is 0 Å². The molecule has 3 aromatic rings. The summed E-state index contributed by atoms with van der Waals surface area (Å²) in [5.74, 6) is -0.229. The van der Waals surface area contributed by atoms with Crippen LogP contribution in [0.25, 0.3) is 11.1 Å². The molecule has 1 spiro atoms. The topological polar surface area (TPSA) is 123 Å². The van der Waals surface area contributed by atoms with Crippen LogP contribution in [0.3, 0.4) is 0 Å². The molecule has 3 heterocycles. The highest BCUT2D eigenvalue weighted by molar-refractivity contribution is 5.74. The van der Waals surface area contributed by atoms with Gasteiger partial charge in [-0.3, -0.25) is 4.79 Å². The number of carboxylic acids is 1. The van der Waals surface area contributed by atoms with Crippen molar-refractivity contribution >= 4 is 17.7 Å². The number of carboxylic acid groups (broad SMARTS) is 1. The molecule has 2 saturated heterocycles. The summed E-state index contributed by atoms with van der Waals surface area (Å²) in [4.78, 5) is 21.5. The zero-order chi connectivity index (χ0) is 29.9. The molecule has 5 rings (SSSR count). The van der Waals surface area contributed by atoms with Crippen molar-refractivity contribution in [3.8, 4) is 22.8 Å². The molecule has 224 valence electrons. The first-order valence-corrected chi connectivity index (χ1v) is 14.0. The largest absolute Gasteiger partial charge is 0.494 e. The Morgan fingerprint density at radius 1 is 1.12 bits per heavy atom. The molecule has 1 aromatic heterocycles. The first kappa shape index (κ1) is 29.4. The van der Waals surface area contributed by atoms with Crippen LogP contribution in [0.2, 0.25) is 0 Å². The molecule has 0 bridgehead atoms. The van der Waals surface area contributed by atoms with E-state index in [-0.39, 0.29) is 22.8 Å². The molecular weight excluding hydrogens is 551 g/mol. The lowest BCUT2D eigenvalue weighted by molar-refractivity contribution is -0.198. The lowest BCUT2D eigenvalue weighted by Gasteiger charge is -2.39. The summed E-state index contributed by atoms with van der Waals surface area (Å²) in [7, 11) is 0. The summed E-state index contributed by atoms with van der Waals surface area (Å²) < 4.78 is 53.6. The van der Waals surface area contributed by atoms with E-state index in [1.54, 1.807) is 12.1 Å². The number of nitrogens with one attached hydrogen (secondary N) is 1. The SMILES string of the molecule is CCCOc1ccc(-c2ccc(C(Oc3cc(N4CCC5(CC4)CNC(C(=O)O)C5)nc(N)n3)C(F)(F)F)cc2)cc1. The average molecular weight is 586 g/mol. The predicted octanol–water partition coefficient (Wildman–Crippen LogP) is 5.23. The van der Waals surface area contributed by atoms with Gasteiger partial charge in [-0.1, -0.05) is 43.3 Å². The Balaban J connectivity index is 1.29. The Bertz CT molecular complexity index is 1380. The van der Waals surface area contributed by atoms with Crippen LogP contribution in [-0.4, -0.2) is 59.5 Å². The Morgan fingerprint density at radius 2 is 1.76 bits per heavy atom. The number of nitrogen functional groups attached to an aromatic ring is 1. The van der Waals surface area contributed by atoms with E-state index in [1.165, 1.54) is 18.2 Å². The van der Waals surface area contributed by atoms with Gasteiger partial charge in [-0.25, -0.2) is 0 Å². The summed E-state index contributed by atoms with van der Waals surface area (Å²) in [5.41, 5.74) is 7.28. The Kier molecular flexibility index (Phi) is 8.44. The fraction of sp³-hybridized carbons (Fsp3) is 0.433. The molecule has 0 aliphatic carbocycles. The second-order valence-electron chi connectivity index (χ2n) is 10.9. The minimum atomic E-state index is -4.71. The Labute approximate surface area is 241 Å². The van der Waals surface area contributed by atoms with Gasteiger partial charge in [0, 0.05) is 31.3 Å². The average Bonchev–Trinajstić information content (AvgIpc) is 3.38. The van der Waals surface area contributed by atoms with Crippen molar-refractivity contribution in [2.45, 2.75) is 50.9 Å². The standard InChI is InChI=1S/C30H34F3N5O4/c1-2-15-41-22-9-7-20(8-10-22)19-3-5-21(6-4-19)26(30(31,32)33)42-25-16-24(36-28(34)37-25)38-13-11-29(12-14-38)17-23(27(39)40)35-18-29/h3-10,16,23,26,35H,2,11-15,17-18H2,1H3,(H,39,40)(H2,34,36,37). The fourth-order valence-electron chi connectivity index (χ4n) is 5.59. The number of anilines is 2. The maximum atomic E-state index is 14.2. The predicted molar refractivity (Wildman–Crippen MR) is 151 cm³/mol. The van der Waals surface area contributed by atoms with E-state index in [0.29, 0.717) is 38.5 Å². The summed E-state index contributed by atoms with van der Waals surface area (Å²) in [6.07, 6.45) is -4.11. The van der Waals surface area contributed by atoms with Gasteiger partial charge in [0.1, 0.15) is 17.6 Å². The van der Waals surface area contributed by atoms with Crippen LogP contribution in [0.15, 0.2) is 54.6 Å². The maximum Gasteiger partial charge on any atom is 0.429 e. The number of aliphatic carboxylic acids is 1. The zero-order valence-electron chi connectivity index (χ0n) is 23.2. The van der Waals surface area contributed by atoms with E-state index < -0.39 is 24.3 Å². The lowest BCUT2D eigenvalue weighted by Crippen LogP contribution is -2.41. The van der Waals surface area contributed by atoms with Gasteiger partial charge >= 0.3 is 12.1 Å².